The summed E-state index contributed by atoms with van der Waals surface area (Å²) in [6.45, 7) is 8.12. The Kier molecular flexibility index (Phi) is 4.56. The summed E-state index contributed by atoms with van der Waals surface area (Å²) in [6.07, 6.45) is 5.21. The lowest BCUT2D eigenvalue weighted by Gasteiger charge is -2.59. The van der Waals surface area contributed by atoms with Crippen LogP contribution in [0.5, 0.6) is 0 Å². The molecule has 2 fully saturated rings. The summed E-state index contributed by atoms with van der Waals surface area (Å²) in [5, 5.41) is 3.64. The van der Waals surface area contributed by atoms with Crippen LogP contribution in [0.25, 0.3) is 0 Å². The molecule has 2 aliphatic rings. The van der Waals surface area contributed by atoms with Crippen LogP contribution in [0.3, 0.4) is 0 Å². The molecule has 0 saturated heterocycles. The normalized spacial score (nSPS) is 41.2. The van der Waals surface area contributed by atoms with E-state index in [2.05, 4.69) is 19.2 Å². The van der Waals surface area contributed by atoms with Gasteiger partial charge in [-0.05, 0) is 32.6 Å². The van der Waals surface area contributed by atoms with E-state index in [1.807, 2.05) is 6.92 Å². The quantitative estimate of drug-likeness (QED) is 0.771. The van der Waals surface area contributed by atoms with Gasteiger partial charge in [0, 0.05) is 37.3 Å². The van der Waals surface area contributed by atoms with Crippen LogP contribution in [0.4, 0.5) is 0 Å². The van der Waals surface area contributed by atoms with Gasteiger partial charge in [-0.25, -0.2) is 0 Å². The maximum Gasteiger partial charge on any atom is 0.0724 e. The molecule has 4 atom stereocenters. The van der Waals surface area contributed by atoms with E-state index in [4.69, 9.17) is 15.2 Å². The molecule has 0 heterocycles. The molecule has 19 heavy (non-hydrogen) atoms. The molecule has 4 heteroatoms. The highest BCUT2D eigenvalue weighted by Gasteiger charge is 2.58. The highest BCUT2D eigenvalue weighted by atomic mass is 16.5. The molecule has 0 bridgehead atoms. The molecule has 2 aliphatic carbocycles. The summed E-state index contributed by atoms with van der Waals surface area (Å²) in [7, 11) is 1.81. The summed E-state index contributed by atoms with van der Waals surface area (Å²) in [5.74, 6) is 0. The van der Waals surface area contributed by atoms with E-state index < -0.39 is 0 Å². The third-order valence-corrected chi connectivity index (χ3v) is 5.44. The number of ether oxygens (including phenoxy) is 2. The molecule has 2 saturated carbocycles. The van der Waals surface area contributed by atoms with Crippen molar-refractivity contribution in [3.63, 3.8) is 0 Å². The van der Waals surface area contributed by atoms with Crippen LogP contribution in [0.2, 0.25) is 0 Å². The van der Waals surface area contributed by atoms with E-state index in [1.54, 1.807) is 7.11 Å². The first-order valence-corrected chi connectivity index (χ1v) is 7.61. The Morgan fingerprint density at radius 2 is 2.05 bits per heavy atom. The number of nitrogens with two attached hydrogens (primary N) is 1. The average Bonchev–Trinajstić information content (AvgIpc) is 2.83. The minimum Gasteiger partial charge on any atom is -0.380 e. The number of rotatable bonds is 6. The fourth-order valence-electron chi connectivity index (χ4n) is 3.56. The molecule has 0 aromatic heterocycles. The summed E-state index contributed by atoms with van der Waals surface area (Å²) in [6, 6.07) is 0.465. The van der Waals surface area contributed by atoms with Crippen molar-refractivity contribution in [2.24, 2.45) is 11.1 Å². The zero-order chi connectivity index (χ0) is 14.1. The van der Waals surface area contributed by atoms with Crippen molar-refractivity contribution in [1.82, 2.24) is 5.32 Å². The Bertz CT molecular complexity index is 309. The van der Waals surface area contributed by atoms with Crippen LogP contribution < -0.4 is 11.1 Å². The first-order chi connectivity index (χ1) is 8.94. The maximum absolute atomic E-state index is 6.58. The van der Waals surface area contributed by atoms with Gasteiger partial charge in [0.1, 0.15) is 0 Å². The van der Waals surface area contributed by atoms with Crippen molar-refractivity contribution in [1.29, 1.82) is 0 Å². The zero-order valence-corrected chi connectivity index (χ0v) is 12.9. The zero-order valence-electron chi connectivity index (χ0n) is 12.9. The molecular formula is C15H30N2O2. The van der Waals surface area contributed by atoms with E-state index in [0.717, 1.165) is 26.0 Å². The lowest BCUT2D eigenvalue weighted by atomic mass is 9.54. The van der Waals surface area contributed by atoms with Gasteiger partial charge in [0.15, 0.2) is 0 Å². The van der Waals surface area contributed by atoms with Crippen LogP contribution in [0, 0.1) is 5.41 Å². The topological polar surface area (TPSA) is 56.5 Å². The smallest absolute Gasteiger partial charge is 0.0724 e. The Labute approximate surface area is 117 Å². The summed E-state index contributed by atoms with van der Waals surface area (Å²) >= 11 is 0. The molecule has 112 valence electrons. The summed E-state index contributed by atoms with van der Waals surface area (Å²) in [5.41, 5.74) is 6.46. The van der Waals surface area contributed by atoms with E-state index in [9.17, 15) is 0 Å². The first-order valence-electron chi connectivity index (χ1n) is 7.61. The number of methoxy groups -OCH3 is 1. The summed E-state index contributed by atoms with van der Waals surface area (Å²) in [4.78, 5) is 0. The van der Waals surface area contributed by atoms with Gasteiger partial charge < -0.3 is 20.5 Å². The van der Waals surface area contributed by atoms with Gasteiger partial charge in [0.25, 0.3) is 0 Å². The second kappa shape index (κ2) is 5.68. The standard InChI is InChI=1S/C15H30N2O2/c1-5-19-13-9-15(16,14(13,2)3)10-17-11-7-6-8-12(11)18-4/h11-13,17H,5-10,16H2,1-4H3. The third kappa shape index (κ3) is 2.68. The summed E-state index contributed by atoms with van der Waals surface area (Å²) < 4.78 is 11.3. The minimum absolute atomic E-state index is 0.0389. The van der Waals surface area contributed by atoms with Crippen LogP contribution in [0.1, 0.15) is 46.5 Å². The molecule has 0 aromatic carbocycles. The predicted molar refractivity (Wildman–Crippen MR) is 77.2 cm³/mol. The Morgan fingerprint density at radius 1 is 1.32 bits per heavy atom. The van der Waals surface area contributed by atoms with Crippen LogP contribution in [-0.2, 0) is 9.47 Å². The highest BCUT2D eigenvalue weighted by molar-refractivity contribution is 5.15. The van der Waals surface area contributed by atoms with E-state index in [0.29, 0.717) is 18.2 Å². The molecule has 0 aliphatic heterocycles. The second-order valence-corrected chi connectivity index (χ2v) is 6.72. The maximum atomic E-state index is 6.58. The first kappa shape index (κ1) is 15.2. The Hall–Kier alpha value is -0.160. The average molecular weight is 270 g/mol. The number of hydrogen-bond donors (Lipinski definition) is 2. The van der Waals surface area contributed by atoms with Crippen LogP contribution in [-0.4, -0.2) is 44.1 Å². The predicted octanol–water partition coefficient (Wildman–Crippen LogP) is 1.68. The fourth-order valence-corrected chi connectivity index (χ4v) is 3.56. The number of hydrogen-bond acceptors (Lipinski definition) is 4. The van der Waals surface area contributed by atoms with E-state index >= 15 is 0 Å². The van der Waals surface area contributed by atoms with Gasteiger partial charge >= 0.3 is 0 Å². The highest BCUT2D eigenvalue weighted by Crippen LogP contribution is 2.49. The molecule has 0 amide bonds. The molecule has 3 N–H and O–H groups in total. The SMILES string of the molecule is CCOC1CC(N)(CNC2CCCC2OC)C1(C)C. The largest absolute Gasteiger partial charge is 0.380 e. The van der Waals surface area contributed by atoms with E-state index in [1.165, 1.54) is 12.8 Å². The van der Waals surface area contributed by atoms with Gasteiger partial charge in [-0.1, -0.05) is 13.8 Å². The molecule has 0 radical (unpaired) electrons. The number of nitrogens with one attached hydrogen (secondary N) is 1. The van der Waals surface area contributed by atoms with E-state index in [-0.39, 0.29) is 11.0 Å². The molecular weight excluding hydrogens is 240 g/mol. The lowest BCUT2D eigenvalue weighted by Crippen LogP contribution is -2.74. The molecule has 2 rings (SSSR count). The van der Waals surface area contributed by atoms with Crippen LogP contribution >= 0.6 is 0 Å². The van der Waals surface area contributed by atoms with Crippen molar-refractivity contribution in [2.45, 2.75) is 70.2 Å². The minimum atomic E-state index is -0.159. The van der Waals surface area contributed by atoms with Gasteiger partial charge in [-0.2, -0.15) is 0 Å². The molecule has 0 spiro atoms. The molecule has 4 unspecified atom stereocenters. The van der Waals surface area contributed by atoms with Crippen molar-refractivity contribution in [2.75, 3.05) is 20.3 Å². The van der Waals surface area contributed by atoms with Gasteiger partial charge in [0.2, 0.25) is 0 Å². The van der Waals surface area contributed by atoms with Crippen LogP contribution in [0.15, 0.2) is 0 Å². The monoisotopic (exact) mass is 270 g/mol. The van der Waals surface area contributed by atoms with Crippen molar-refractivity contribution in [3.05, 3.63) is 0 Å². The molecule has 0 aromatic rings. The fraction of sp³-hybridized carbons (Fsp3) is 1.00. The van der Waals surface area contributed by atoms with Crippen molar-refractivity contribution < 1.29 is 9.47 Å². The second-order valence-electron chi connectivity index (χ2n) is 6.72. The van der Waals surface area contributed by atoms with Gasteiger partial charge in [0.05, 0.1) is 12.2 Å². The van der Waals surface area contributed by atoms with Crippen molar-refractivity contribution >= 4 is 0 Å². The van der Waals surface area contributed by atoms with Gasteiger partial charge in [-0.3, -0.25) is 0 Å². The Morgan fingerprint density at radius 3 is 2.63 bits per heavy atom. The van der Waals surface area contributed by atoms with Crippen molar-refractivity contribution in [3.8, 4) is 0 Å². The Balaban J connectivity index is 1.86. The molecule has 4 nitrogen and oxygen atoms in total. The van der Waals surface area contributed by atoms with Gasteiger partial charge in [-0.15, -0.1) is 0 Å². The third-order valence-electron chi connectivity index (χ3n) is 5.44. The lowest BCUT2D eigenvalue weighted by molar-refractivity contribution is -0.149.